The zero-order valence-corrected chi connectivity index (χ0v) is 10.4. The zero-order chi connectivity index (χ0) is 13.4. The van der Waals surface area contributed by atoms with E-state index in [2.05, 4.69) is 0 Å². The predicted octanol–water partition coefficient (Wildman–Crippen LogP) is 2.28. The number of benzene rings is 1. The van der Waals surface area contributed by atoms with E-state index < -0.39 is 17.5 Å². The van der Waals surface area contributed by atoms with E-state index in [0.29, 0.717) is 24.9 Å². The summed E-state index contributed by atoms with van der Waals surface area (Å²) >= 11 is 0. The Morgan fingerprint density at radius 2 is 1.83 bits per heavy atom. The quantitative estimate of drug-likeness (QED) is 0.781. The lowest BCUT2D eigenvalue weighted by molar-refractivity contribution is 0.0780. The van der Waals surface area contributed by atoms with E-state index in [9.17, 15) is 13.6 Å². The zero-order valence-electron chi connectivity index (χ0n) is 10.4. The van der Waals surface area contributed by atoms with Crippen molar-refractivity contribution in [2.75, 3.05) is 18.8 Å². The minimum atomic E-state index is -0.839. The molecule has 18 heavy (non-hydrogen) atoms. The van der Waals surface area contributed by atoms with Crippen LogP contribution in [0.25, 0.3) is 0 Å². The molecule has 1 aliphatic heterocycles. The molecule has 0 radical (unpaired) electrons. The van der Waals surface area contributed by atoms with Crippen LogP contribution < -0.4 is 5.73 Å². The Morgan fingerprint density at radius 1 is 1.28 bits per heavy atom. The fourth-order valence-electron chi connectivity index (χ4n) is 2.23. The van der Waals surface area contributed by atoms with Gasteiger partial charge in [-0.25, -0.2) is 8.78 Å². The number of hydrogen-bond donors (Lipinski definition) is 1. The van der Waals surface area contributed by atoms with Gasteiger partial charge in [0.05, 0.1) is 11.3 Å². The van der Waals surface area contributed by atoms with Gasteiger partial charge >= 0.3 is 0 Å². The van der Waals surface area contributed by atoms with Gasteiger partial charge in [0.15, 0.2) is 5.82 Å². The second kappa shape index (κ2) is 4.55. The molecule has 1 fully saturated rings. The normalized spacial score (nSPS) is 23.4. The summed E-state index contributed by atoms with van der Waals surface area (Å²) in [7, 11) is 0. The number of anilines is 1. The highest BCUT2D eigenvalue weighted by Crippen LogP contribution is 2.26. The van der Waals surface area contributed by atoms with Crippen LogP contribution in [0.2, 0.25) is 0 Å². The van der Waals surface area contributed by atoms with Gasteiger partial charge in [0.25, 0.3) is 5.91 Å². The lowest BCUT2D eigenvalue weighted by atomic mass is 10.0. The highest BCUT2D eigenvalue weighted by atomic mass is 19.1. The van der Waals surface area contributed by atoms with Crippen molar-refractivity contribution in [1.29, 1.82) is 0 Å². The van der Waals surface area contributed by atoms with Crippen molar-refractivity contribution in [2.45, 2.75) is 13.8 Å². The maximum atomic E-state index is 13.7. The van der Waals surface area contributed by atoms with Gasteiger partial charge in [-0.1, -0.05) is 13.8 Å². The van der Waals surface area contributed by atoms with Crippen LogP contribution in [0.5, 0.6) is 0 Å². The number of hydrogen-bond acceptors (Lipinski definition) is 2. The molecule has 1 aromatic carbocycles. The van der Waals surface area contributed by atoms with E-state index in [1.54, 1.807) is 4.90 Å². The number of nitrogen functional groups attached to an aromatic ring is 1. The highest BCUT2D eigenvalue weighted by molar-refractivity contribution is 5.95. The molecule has 2 rings (SSSR count). The van der Waals surface area contributed by atoms with Crippen molar-refractivity contribution in [3.05, 3.63) is 29.3 Å². The highest BCUT2D eigenvalue weighted by Gasteiger charge is 2.31. The molecule has 1 heterocycles. The molecule has 1 aromatic rings. The molecule has 5 heteroatoms. The lowest BCUT2D eigenvalue weighted by Crippen LogP contribution is -2.30. The van der Waals surface area contributed by atoms with Gasteiger partial charge < -0.3 is 10.6 Å². The molecule has 1 aliphatic rings. The van der Waals surface area contributed by atoms with Gasteiger partial charge in [-0.15, -0.1) is 0 Å². The molecule has 1 amide bonds. The van der Waals surface area contributed by atoms with Gasteiger partial charge in [0, 0.05) is 13.1 Å². The van der Waals surface area contributed by atoms with Crippen molar-refractivity contribution < 1.29 is 13.6 Å². The Balaban J connectivity index is 2.30. The van der Waals surface area contributed by atoms with Gasteiger partial charge in [-0.05, 0) is 24.0 Å². The molecule has 2 atom stereocenters. The van der Waals surface area contributed by atoms with E-state index in [-0.39, 0.29) is 11.3 Å². The van der Waals surface area contributed by atoms with Gasteiger partial charge in [0.2, 0.25) is 0 Å². The Kier molecular flexibility index (Phi) is 3.24. The van der Waals surface area contributed by atoms with E-state index in [1.807, 2.05) is 13.8 Å². The maximum Gasteiger partial charge on any atom is 0.257 e. The SMILES string of the molecule is CC1CN(C(=O)c2cc(F)cc(N)c2F)CC1C. The van der Waals surface area contributed by atoms with Crippen LogP contribution in [0.4, 0.5) is 14.5 Å². The first-order valence-electron chi connectivity index (χ1n) is 5.94. The third-order valence-corrected chi connectivity index (χ3v) is 3.57. The van der Waals surface area contributed by atoms with E-state index in [1.165, 1.54) is 0 Å². The van der Waals surface area contributed by atoms with Crippen LogP contribution in [0.1, 0.15) is 24.2 Å². The van der Waals surface area contributed by atoms with Gasteiger partial charge in [-0.3, -0.25) is 4.79 Å². The Labute approximate surface area is 105 Å². The van der Waals surface area contributed by atoms with Gasteiger partial charge in [-0.2, -0.15) is 0 Å². The molecule has 98 valence electrons. The second-order valence-electron chi connectivity index (χ2n) is 5.02. The average molecular weight is 254 g/mol. The molecule has 3 nitrogen and oxygen atoms in total. The summed E-state index contributed by atoms with van der Waals surface area (Å²) in [6, 6.07) is 1.78. The summed E-state index contributed by atoms with van der Waals surface area (Å²) in [4.78, 5) is 13.7. The first kappa shape index (κ1) is 12.8. The van der Waals surface area contributed by atoms with Gasteiger partial charge in [0.1, 0.15) is 5.82 Å². The van der Waals surface area contributed by atoms with Crippen LogP contribution in [0.15, 0.2) is 12.1 Å². The number of carbonyl (C=O) groups excluding carboxylic acids is 1. The summed E-state index contributed by atoms with van der Waals surface area (Å²) in [5, 5.41) is 0. The average Bonchev–Trinajstić information content (AvgIpc) is 2.63. The van der Waals surface area contributed by atoms with Crippen LogP contribution in [-0.2, 0) is 0 Å². The second-order valence-corrected chi connectivity index (χ2v) is 5.02. The number of halogens is 2. The molecule has 2 unspecified atom stereocenters. The van der Waals surface area contributed by atoms with Crippen molar-refractivity contribution >= 4 is 11.6 Å². The number of amides is 1. The predicted molar refractivity (Wildman–Crippen MR) is 65.0 cm³/mol. The first-order chi connectivity index (χ1) is 8.40. The number of nitrogens with two attached hydrogens (primary N) is 1. The molecule has 0 aliphatic carbocycles. The fourth-order valence-corrected chi connectivity index (χ4v) is 2.23. The number of likely N-dealkylation sites (tertiary alicyclic amines) is 1. The largest absolute Gasteiger partial charge is 0.396 e. The van der Waals surface area contributed by atoms with Crippen LogP contribution in [0.3, 0.4) is 0 Å². The third-order valence-electron chi connectivity index (χ3n) is 3.57. The number of carbonyl (C=O) groups is 1. The number of rotatable bonds is 1. The minimum absolute atomic E-state index is 0.284. The lowest BCUT2D eigenvalue weighted by Gasteiger charge is -2.17. The third kappa shape index (κ3) is 2.17. The minimum Gasteiger partial charge on any atom is -0.396 e. The van der Waals surface area contributed by atoms with Crippen molar-refractivity contribution in [2.24, 2.45) is 11.8 Å². The monoisotopic (exact) mass is 254 g/mol. The summed E-state index contributed by atoms with van der Waals surface area (Å²) in [6.45, 7) is 5.20. The molecule has 0 bridgehead atoms. The Bertz CT molecular complexity index is 480. The smallest absolute Gasteiger partial charge is 0.257 e. The Morgan fingerprint density at radius 3 is 2.39 bits per heavy atom. The molecule has 0 spiro atoms. The van der Waals surface area contributed by atoms with Crippen molar-refractivity contribution in [1.82, 2.24) is 4.90 Å². The molecule has 0 aromatic heterocycles. The summed E-state index contributed by atoms with van der Waals surface area (Å²) in [6.07, 6.45) is 0. The maximum absolute atomic E-state index is 13.7. The summed E-state index contributed by atoms with van der Waals surface area (Å²) in [5.74, 6) is -1.30. The van der Waals surface area contributed by atoms with E-state index in [0.717, 1.165) is 12.1 Å². The van der Waals surface area contributed by atoms with Crippen LogP contribution >= 0.6 is 0 Å². The molecule has 2 N–H and O–H groups in total. The number of nitrogens with zero attached hydrogens (tertiary/aromatic N) is 1. The molecule has 0 saturated carbocycles. The van der Waals surface area contributed by atoms with Crippen LogP contribution in [0, 0.1) is 23.5 Å². The van der Waals surface area contributed by atoms with E-state index >= 15 is 0 Å². The summed E-state index contributed by atoms with van der Waals surface area (Å²) < 4.78 is 26.9. The first-order valence-corrected chi connectivity index (χ1v) is 5.94. The fraction of sp³-hybridized carbons (Fsp3) is 0.462. The molecule has 1 saturated heterocycles. The standard InChI is InChI=1S/C13H16F2N2O/c1-7-5-17(6-8(7)2)13(18)10-3-9(14)4-11(16)12(10)15/h3-4,7-8H,5-6,16H2,1-2H3. The Hall–Kier alpha value is -1.65. The summed E-state index contributed by atoms with van der Waals surface area (Å²) in [5.41, 5.74) is 4.71. The van der Waals surface area contributed by atoms with Crippen molar-refractivity contribution in [3.63, 3.8) is 0 Å². The molecular weight excluding hydrogens is 238 g/mol. The van der Waals surface area contributed by atoms with Crippen molar-refractivity contribution in [3.8, 4) is 0 Å². The topological polar surface area (TPSA) is 46.3 Å². The van der Waals surface area contributed by atoms with E-state index in [4.69, 9.17) is 5.73 Å². The van der Waals surface area contributed by atoms with Crippen LogP contribution in [-0.4, -0.2) is 23.9 Å². The molecular formula is C13H16F2N2O.